The lowest BCUT2D eigenvalue weighted by Gasteiger charge is -2.19. The van der Waals surface area contributed by atoms with Crippen molar-refractivity contribution in [2.24, 2.45) is 5.92 Å². The van der Waals surface area contributed by atoms with Crippen molar-refractivity contribution in [3.05, 3.63) is 47.0 Å². The summed E-state index contributed by atoms with van der Waals surface area (Å²) in [5.74, 6) is 0.0919. The Morgan fingerprint density at radius 2 is 1.71 bits per heavy atom. The largest absolute Gasteiger partial charge is 0.302 e. The number of hydrogen-bond donors (Lipinski definition) is 2. The van der Waals surface area contributed by atoms with E-state index >= 15 is 0 Å². The van der Waals surface area contributed by atoms with Gasteiger partial charge in [0.1, 0.15) is 0 Å². The van der Waals surface area contributed by atoms with Crippen LogP contribution in [0.15, 0.2) is 35.2 Å². The zero-order valence-electron chi connectivity index (χ0n) is 18.0. The molecule has 2 N–H and O–H groups in total. The predicted octanol–water partition coefficient (Wildman–Crippen LogP) is 5.54. The van der Waals surface area contributed by atoms with Crippen LogP contribution in [-0.4, -0.2) is 19.3 Å². The third-order valence-corrected chi connectivity index (χ3v) is 8.40. The molecule has 1 aromatic heterocycles. The molecule has 1 heterocycles. The molecule has 0 atom stereocenters. The van der Waals surface area contributed by atoms with Gasteiger partial charge in [0, 0.05) is 5.92 Å². The molecule has 1 aliphatic rings. The fraction of sp³-hybridized carbons (Fsp3) is 0.391. The third kappa shape index (κ3) is 4.75. The highest BCUT2D eigenvalue weighted by Crippen LogP contribution is 2.31. The fourth-order valence-corrected chi connectivity index (χ4v) is 6.26. The average molecular weight is 458 g/mol. The number of anilines is 2. The Balaban J connectivity index is 1.54. The number of aryl methyl sites for hydroxylation is 3. The monoisotopic (exact) mass is 457 g/mol. The maximum Gasteiger partial charge on any atom is 0.262 e. The minimum Gasteiger partial charge on any atom is -0.302 e. The van der Waals surface area contributed by atoms with Crippen molar-refractivity contribution in [2.75, 3.05) is 10.0 Å². The Morgan fingerprint density at radius 3 is 2.45 bits per heavy atom. The maximum atomic E-state index is 13.0. The number of sulfonamides is 1. The molecule has 31 heavy (non-hydrogen) atoms. The highest BCUT2D eigenvalue weighted by atomic mass is 32.2. The number of carbonyl (C=O) groups excluding carboxylic acids is 1. The van der Waals surface area contributed by atoms with E-state index in [-0.39, 0.29) is 16.7 Å². The topological polar surface area (TPSA) is 88.2 Å². The summed E-state index contributed by atoms with van der Waals surface area (Å²) in [4.78, 5) is 17.3. The molecule has 8 heteroatoms. The molecule has 0 aliphatic heterocycles. The lowest BCUT2D eigenvalue weighted by molar-refractivity contribution is -0.120. The van der Waals surface area contributed by atoms with Gasteiger partial charge in [0.2, 0.25) is 5.91 Å². The van der Waals surface area contributed by atoms with Crippen LogP contribution in [0, 0.1) is 26.7 Å². The van der Waals surface area contributed by atoms with Gasteiger partial charge in [0.05, 0.1) is 20.8 Å². The standard InChI is InChI=1S/C23H27N3O3S2/c1-14-11-16(3)21(12-15(14)2)31(28,29)26-18-9-10-20-19(13-18)24-23(30-20)25-22(27)17-7-5-4-6-8-17/h9-13,17,26H,4-8H2,1-3H3,(H,24,25,27). The average Bonchev–Trinajstić information content (AvgIpc) is 3.12. The number of nitrogens with one attached hydrogen (secondary N) is 2. The van der Waals surface area contributed by atoms with Crippen LogP contribution in [-0.2, 0) is 14.8 Å². The van der Waals surface area contributed by atoms with Crippen LogP contribution in [0.4, 0.5) is 10.8 Å². The highest BCUT2D eigenvalue weighted by molar-refractivity contribution is 7.92. The minimum absolute atomic E-state index is 0.0323. The van der Waals surface area contributed by atoms with Gasteiger partial charge >= 0.3 is 0 Å². The predicted molar refractivity (Wildman–Crippen MR) is 126 cm³/mol. The van der Waals surface area contributed by atoms with Crippen LogP contribution in [0.2, 0.25) is 0 Å². The molecule has 0 spiro atoms. The lowest BCUT2D eigenvalue weighted by Crippen LogP contribution is -2.24. The smallest absolute Gasteiger partial charge is 0.262 e. The zero-order chi connectivity index (χ0) is 22.2. The summed E-state index contributed by atoms with van der Waals surface area (Å²) in [6, 6.07) is 8.84. The second kappa shape index (κ2) is 8.59. The molecule has 4 rings (SSSR count). The van der Waals surface area contributed by atoms with E-state index in [0.29, 0.717) is 21.9 Å². The van der Waals surface area contributed by atoms with Crippen molar-refractivity contribution in [3.8, 4) is 0 Å². The van der Waals surface area contributed by atoms with Crippen molar-refractivity contribution in [3.63, 3.8) is 0 Å². The number of amides is 1. The van der Waals surface area contributed by atoms with E-state index in [9.17, 15) is 13.2 Å². The molecule has 1 saturated carbocycles. The SMILES string of the molecule is Cc1cc(C)c(S(=O)(=O)Nc2ccc3sc(NC(=O)C4CCCCC4)nc3c2)cc1C. The number of fused-ring (bicyclic) bond motifs is 1. The molecule has 0 radical (unpaired) electrons. The van der Waals surface area contributed by atoms with Gasteiger partial charge in [-0.25, -0.2) is 13.4 Å². The van der Waals surface area contributed by atoms with E-state index in [1.165, 1.54) is 17.8 Å². The number of rotatable bonds is 5. The van der Waals surface area contributed by atoms with Crippen molar-refractivity contribution >= 4 is 48.3 Å². The summed E-state index contributed by atoms with van der Waals surface area (Å²) in [7, 11) is -3.72. The van der Waals surface area contributed by atoms with Crippen molar-refractivity contribution in [1.82, 2.24) is 4.98 Å². The molecule has 3 aromatic rings. The second-order valence-corrected chi connectivity index (χ2v) is 11.0. The first-order chi connectivity index (χ1) is 14.7. The van der Waals surface area contributed by atoms with E-state index in [0.717, 1.165) is 41.5 Å². The van der Waals surface area contributed by atoms with Crippen LogP contribution < -0.4 is 10.0 Å². The van der Waals surface area contributed by atoms with E-state index < -0.39 is 10.0 Å². The van der Waals surface area contributed by atoms with Crippen LogP contribution >= 0.6 is 11.3 Å². The highest BCUT2D eigenvalue weighted by Gasteiger charge is 2.22. The molecule has 1 aliphatic carbocycles. The summed E-state index contributed by atoms with van der Waals surface area (Å²) in [6.07, 6.45) is 5.26. The van der Waals surface area contributed by atoms with E-state index in [1.54, 1.807) is 25.1 Å². The summed E-state index contributed by atoms with van der Waals surface area (Å²) in [5, 5.41) is 3.49. The Kier molecular flexibility index (Phi) is 6.03. The molecule has 6 nitrogen and oxygen atoms in total. The lowest BCUT2D eigenvalue weighted by atomic mass is 9.89. The van der Waals surface area contributed by atoms with Gasteiger partial charge in [0.15, 0.2) is 5.13 Å². The first kappa shape index (κ1) is 21.8. The first-order valence-corrected chi connectivity index (χ1v) is 12.8. The second-order valence-electron chi connectivity index (χ2n) is 8.33. The van der Waals surface area contributed by atoms with Gasteiger partial charge in [-0.3, -0.25) is 9.52 Å². The number of benzene rings is 2. The quantitative estimate of drug-likeness (QED) is 0.526. The molecule has 2 aromatic carbocycles. The number of carbonyl (C=O) groups is 1. The van der Waals surface area contributed by atoms with Gasteiger partial charge in [-0.1, -0.05) is 36.7 Å². The number of aromatic nitrogens is 1. The van der Waals surface area contributed by atoms with Gasteiger partial charge in [-0.15, -0.1) is 0 Å². The van der Waals surface area contributed by atoms with Crippen molar-refractivity contribution in [2.45, 2.75) is 57.8 Å². The van der Waals surface area contributed by atoms with Crippen LogP contribution in [0.25, 0.3) is 10.2 Å². The summed E-state index contributed by atoms with van der Waals surface area (Å²) < 4.78 is 29.5. The Bertz CT molecular complexity index is 1240. The zero-order valence-corrected chi connectivity index (χ0v) is 19.6. The Hall–Kier alpha value is -2.45. The normalized spacial score (nSPS) is 15.2. The summed E-state index contributed by atoms with van der Waals surface area (Å²) in [6.45, 7) is 5.66. The van der Waals surface area contributed by atoms with Gasteiger partial charge in [0.25, 0.3) is 10.0 Å². The number of nitrogens with zero attached hydrogens (tertiary/aromatic N) is 1. The van der Waals surface area contributed by atoms with Gasteiger partial charge < -0.3 is 5.32 Å². The first-order valence-electron chi connectivity index (χ1n) is 10.5. The van der Waals surface area contributed by atoms with Crippen molar-refractivity contribution in [1.29, 1.82) is 0 Å². The van der Waals surface area contributed by atoms with E-state index in [1.807, 2.05) is 26.0 Å². The third-order valence-electron chi connectivity index (χ3n) is 5.93. The van der Waals surface area contributed by atoms with Crippen LogP contribution in [0.3, 0.4) is 0 Å². The molecule has 1 fully saturated rings. The summed E-state index contributed by atoms with van der Waals surface area (Å²) >= 11 is 1.40. The molecule has 1 amide bonds. The van der Waals surface area contributed by atoms with E-state index in [2.05, 4.69) is 15.0 Å². The molecule has 164 valence electrons. The maximum absolute atomic E-state index is 13.0. The number of hydrogen-bond acceptors (Lipinski definition) is 5. The Labute approximate surface area is 187 Å². The minimum atomic E-state index is -3.72. The molecule has 0 bridgehead atoms. The molecular formula is C23H27N3O3S2. The molecule has 0 saturated heterocycles. The van der Waals surface area contributed by atoms with E-state index in [4.69, 9.17) is 0 Å². The van der Waals surface area contributed by atoms with Gasteiger partial charge in [-0.2, -0.15) is 0 Å². The van der Waals surface area contributed by atoms with Crippen LogP contribution in [0.5, 0.6) is 0 Å². The van der Waals surface area contributed by atoms with Crippen molar-refractivity contribution < 1.29 is 13.2 Å². The van der Waals surface area contributed by atoms with Crippen LogP contribution in [0.1, 0.15) is 48.8 Å². The van der Waals surface area contributed by atoms with Gasteiger partial charge in [-0.05, 0) is 74.6 Å². The summed E-state index contributed by atoms with van der Waals surface area (Å²) in [5.41, 5.74) is 3.79. The fourth-order valence-electron chi connectivity index (χ4n) is 4.05. The molecular weight excluding hydrogens is 430 g/mol. The molecule has 0 unspecified atom stereocenters. The number of thiazole rings is 1. The Morgan fingerprint density at radius 1 is 1.00 bits per heavy atom.